The molecule has 0 spiro atoms. The van der Waals surface area contributed by atoms with E-state index in [-0.39, 0.29) is 37.5 Å². The first kappa shape index (κ1) is 54.6. The van der Waals surface area contributed by atoms with Gasteiger partial charge in [0.1, 0.15) is 13.2 Å². The lowest BCUT2D eigenvalue weighted by Crippen LogP contribution is -2.30. The van der Waals surface area contributed by atoms with E-state index < -0.39 is 6.10 Å². The Hall–Kier alpha value is -2.37. The third-order valence-electron chi connectivity index (χ3n) is 10.7. The molecular formula is C51H92O6. The zero-order valence-corrected chi connectivity index (χ0v) is 37.9. The molecule has 0 aliphatic rings. The molecule has 0 N–H and O–H groups in total. The summed E-state index contributed by atoms with van der Waals surface area (Å²) in [5.41, 5.74) is 0. The second kappa shape index (κ2) is 46.3. The van der Waals surface area contributed by atoms with Crippen molar-refractivity contribution in [2.45, 2.75) is 258 Å². The van der Waals surface area contributed by atoms with Crippen LogP contribution in [0.25, 0.3) is 0 Å². The predicted molar refractivity (Wildman–Crippen MR) is 242 cm³/mol. The van der Waals surface area contributed by atoms with Gasteiger partial charge < -0.3 is 14.2 Å². The van der Waals surface area contributed by atoms with Crippen molar-refractivity contribution in [2.75, 3.05) is 13.2 Å². The molecule has 0 aliphatic carbocycles. The van der Waals surface area contributed by atoms with E-state index in [2.05, 4.69) is 57.2 Å². The van der Waals surface area contributed by atoms with Crippen molar-refractivity contribution in [1.29, 1.82) is 0 Å². The van der Waals surface area contributed by atoms with E-state index in [0.717, 1.165) is 70.6 Å². The van der Waals surface area contributed by atoms with Crippen LogP contribution in [0.4, 0.5) is 0 Å². The summed E-state index contributed by atoms with van der Waals surface area (Å²) < 4.78 is 16.7. The van der Waals surface area contributed by atoms with Crippen LogP contribution in [0.2, 0.25) is 0 Å². The van der Waals surface area contributed by atoms with Gasteiger partial charge in [0.15, 0.2) is 6.10 Å². The number of allylic oxidation sites excluding steroid dienone is 6. The van der Waals surface area contributed by atoms with Gasteiger partial charge in [0.25, 0.3) is 0 Å². The number of esters is 3. The van der Waals surface area contributed by atoms with Crippen molar-refractivity contribution >= 4 is 17.9 Å². The standard InChI is InChI=1S/C51H92O6/c1-4-7-10-13-16-19-22-24-25-26-27-28-30-32-35-38-41-44-50(53)56-47-48(46-55-49(52)43-40-37-34-31-21-18-15-12-9-6-3)57-51(54)45-42-39-36-33-29-23-20-17-14-11-8-5-2/h8,11,17,20,29,33,48H,4-7,9-10,12-16,18-19,21-28,30-32,34-47H2,1-3H3/b11-8-,20-17-,33-29-. The summed E-state index contributed by atoms with van der Waals surface area (Å²) in [6.45, 7) is 6.49. The summed E-state index contributed by atoms with van der Waals surface area (Å²) in [6, 6.07) is 0. The molecule has 0 aromatic rings. The van der Waals surface area contributed by atoms with E-state index in [9.17, 15) is 14.4 Å². The van der Waals surface area contributed by atoms with Crippen molar-refractivity contribution in [3.05, 3.63) is 36.5 Å². The van der Waals surface area contributed by atoms with Gasteiger partial charge in [-0.05, 0) is 51.4 Å². The molecule has 0 aromatic heterocycles. The van der Waals surface area contributed by atoms with Crippen LogP contribution < -0.4 is 0 Å². The molecule has 1 unspecified atom stereocenters. The number of hydrogen-bond acceptors (Lipinski definition) is 6. The number of ether oxygens (including phenoxy) is 3. The highest BCUT2D eigenvalue weighted by Crippen LogP contribution is 2.16. The SMILES string of the molecule is CC/C=C\C/C=C\C/C=C\CCCCC(=O)OC(COC(=O)CCCCCCCCCCCC)COC(=O)CCCCCCCCCCCCCCCCCCC. The minimum Gasteiger partial charge on any atom is -0.462 e. The minimum atomic E-state index is -0.785. The van der Waals surface area contributed by atoms with Gasteiger partial charge in [0.2, 0.25) is 0 Å². The monoisotopic (exact) mass is 801 g/mol. The molecule has 0 fully saturated rings. The molecule has 0 radical (unpaired) electrons. The molecule has 0 saturated heterocycles. The summed E-state index contributed by atoms with van der Waals surface area (Å²) in [5.74, 6) is -0.917. The molecule has 0 saturated carbocycles. The average molecular weight is 801 g/mol. The Bertz CT molecular complexity index is 969. The van der Waals surface area contributed by atoms with E-state index in [1.165, 1.54) is 135 Å². The molecule has 332 valence electrons. The maximum atomic E-state index is 12.7. The third-order valence-corrected chi connectivity index (χ3v) is 10.7. The third kappa shape index (κ3) is 44.6. The normalized spacial score (nSPS) is 12.3. The van der Waals surface area contributed by atoms with Crippen LogP contribution in [0.5, 0.6) is 0 Å². The summed E-state index contributed by atoms with van der Waals surface area (Å²) in [5, 5.41) is 0. The fourth-order valence-corrected chi connectivity index (χ4v) is 6.99. The molecule has 0 amide bonds. The van der Waals surface area contributed by atoms with E-state index in [1.54, 1.807) is 0 Å². The number of hydrogen-bond donors (Lipinski definition) is 0. The van der Waals surface area contributed by atoms with Gasteiger partial charge in [0, 0.05) is 19.3 Å². The summed E-state index contributed by atoms with van der Waals surface area (Å²) >= 11 is 0. The molecular weight excluding hydrogens is 709 g/mol. The van der Waals surface area contributed by atoms with E-state index in [1.807, 2.05) is 0 Å². The van der Waals surface area contributed by atoms with Crippen molar-refractivity contribution in [3.8, 4) is 0 Å². The van der Waals surface area contributed by atoms with E-state index in [0.29, 0.717) is 19.3 Å². The molecule has 0 heterocycles. The number of unbranched alkanes of at least 4 members (excludes halogenated alkanes) is 27. The Morgan fingerprint density at radius 1 is 0.368 bits per heavy atom. The minimum absolute atomic E-state index is 0.0838. The fourth-order valence-electron chi connectivity index (χ4n) is 6.99. The van der Waals surface area contributed by atoms with Crippen molar-refractivity contribution in [3.63, 3.8) is 0 Å². The van der Waals surface area contributed by atoms with Gasteiger partial charge in [-0.2, -0.15) is 0 Å². The van der Waals surface area contributed by atoms with Gasteiger partial charge >= 0.3 is 17.9 Å². The van der Waals surface area contributed by atoms with Crippen LogP contribution in [0, 0.1) is 0 Å². The van der Waals surface area contributed by atoms with Gasteiger partial charge in [-0.25, -0.2) is 0 Å². The molecule has 0 bridgehead atoms. The first-order valence-corrected chi connectivity index (χ1v) is 24.5. The topological polar surface area (TPSA) is 78.9 Å². The van der Waals surface area contributed by atoms with Crippen LogP contribution in [0.15, 0.2) is 36.5 Å². The number of rotatable bonds is 44. The Morgan fingerprint density at radius 3 is 1.07 bits per heavy atom. The largest absolute Gasteiger partial charge is 0.462 e. The zero-order valence-electron chi connectivity index (χ0n) is 37.9. The van der Waals surface area contributed by atoms with Crippen LogP contribution in [-0.4, -0.2) is 37.2 Å². The Morgan fingerprint density at radius 2 is 0.684 bits per heavy atom. The lowest BCUT2D eigenvalue weighted by atomic mass is 10.0. The highest BCUT2D eigenvalue weighted by Gasteiger charge is 2.19. The molecule has 57 heavy (non-hydrogen) atoms. The van der Waals surface area contributed by atoms with Gasteiger partial charge in [-0.3, -0.25) is 14.4 Å². The second-order valence-corrected chi connectivity index (χ2v) is 16.4. The lowest BCUT2D eigenvalue weighted by molar-refractivity contribution is -0.167. The van der Waals surface area contributed by atoms with Gasteiger partial charge in [0.05, 0.1) is 0 Å². The van der Waals surface area contributed by atoms with Crippen molar-refractivity contribution < 1.29 is 28.6 Å². The van der Waals surface area contributed by atoms with Crippen molar-refractivity contribution in [1.82, 2.24) is 0 Å². The van der Waals surface area contributed by atoms with Crippen molar-refractivity contribution in [2.24, 2.45) is 0 Å². The molecule has 6 nitrogen and oxygen atoms in total. The predicted octanol–water partition coefficient (Wildman–Crippen LogP) is 15.8. The quantitative estimate of drug-likeness (QED) is 0.0264. The first-order valence-electron chi connectivity index (χ1n) is 24.5. The molecule has 6 heteroatoms. The maximum Gasteiger partial charge on any atom is 0.306 e. The van der Waals surface area contributed by atoms with Crippen LogP contribution in [-0.2, 0) is 28.6 Å². The Labute approximate surface area is 353 Å². The van der Waals surface area contributed by atoms with Crippen LogP contribution in [0.1, 0.15) is 252 Å². The molecule has 1 atom stereocenters. The number of carbonyl (C=O) groups is 3. The van der Waals surface area contributed by atoms with Crippen LogP contribution >= 0.6 is 0 Å². The van der Waals surface area contributed by atoms with Gasteiger partial charge in [-0.15, -0.1) is 0 Å². The van der Waals surface area contributed by atoms with E-state index >= 15 is 0 Å². The maximum absolute atomic E-state index is 12.7. The number of carbonyl (C=O) groups excluding carboxylic acids is 3. The zero-order chi connectivity index (χ0) is 41.5. The Balaban J connectivity index is 4.33. The Kier molecular flexibility index (Phi) is 44.4. The summed E-state index contributed by atoms with van der Waals surface area (Å²) in [7, 11) is 0. The fraction of sp³-hybridized carbons (Fsp3) is 0.824. The van der Waals surface area contributed by atoms with Crippen LogP contribution in [0.3, 0.4) is 0 Å². The average Bonchev–Trinajstić information content (AvgIpc) is 3.21. The highest BCUT2D eigenvalue weighted by atomic mass is 16.6. The molecule has 0 aliphatic heterocycles. The highest BCUT2D eigenvalue weighted by molar-refractivity contribution is 5.71. The molecule has 0 aromatic carbocycles. The summed E-state index contributed by atoms with van der Waals surface area (Å²) in [6.07, 6.45) is 52.8. The smallest absolute Gasteiger partial charge is 0.306 e. The first-order chi connectivity index (χ1) is 28.0. The summed E-state index contributed by atoms with van der Waals surface area (Å²) in [4.78, 5) is 37.8. The van der Waals surface area contributed by atoms with E-state index in [4.69, 9.17) is 14.2 Å². The molecule has 0 rings (SSSR count). The van der Waals surface area contributed by atoms with Gasteiger partial charge in [-0.1, -0.05) is 218 Å². The lowest BCUT2D eigenvalue weighted by Gasteiger charge is -2.18. The second-order valence-electron chi connectivity index (χ2n) is 16.4.